The van der Waals surface area contributed by atoms with Gasteiger partial charge in [-0.15, -0.1) is 5.10 Å². The molecule has 0 aliphatic heterocycles. The minimum absolute atomic E-state index is 0.0697. The highest BCUT2D eigenvalue weighted by molar-refractivity contribution is 6.00. The number of hydrogen-bond acceptors (Lipinski definition) is 7. The van der Waals surface area contributed by atoms with Crippen LogP contribution in [0.4, 0.5) is 30.6 Å². The molecule has 0 saturated heterocycles. The number of hydrogen-bond donors (Lipinski definition) is 3. The minimum Gasteiger partial charge on any atom is -0.490 e. The number of ether oxygens (including phenoxy) is 1. The zero-order chi connectivity index (χ0) is 24.2. The van der Waals surface area contributed by atoms with Crippen molar-refractivity contribution >= 4 is 29.3 Å². The number of carboxylic acid groups (broad SMARTS) is 1. The fraction of sp³-hybridized carbons (Fsp3) is 0.273. The van der Waals surface area contributed by atoms with Gasteiger partial charge in [0.1, 0.15) is 11.6 Å². The van der Waals surface area contributed by atoms with Crippen LogP contribution in [0.25, 0.3) is 0 Å². The van der Waals surface area contributed by atoms with Gasteiger partial charge in [-0.05, 0) is 49.9 Å². The molecule has 1 aromatic heterocycles. The number of carbonyl (C=O) groups excluding carboxylic acids is 1. The van der Waals surface area contributed by atoms with Gasteiger partial charge in [-0.3, -0.25) is 9.59 Å². The highest BCUT2D eigenvalue weighted by atomic mass is 19.2. The molecule has 1 aliphatic rings. The number of aromatic nitrogens is 2. The van der Waals surface area contributed by atoms with E-state index in [2.05, 4.69) is 20.8 Å². The SMILES string of the molecule is O=C(Nc1ccc(O[C@H]2CC[C@H](C(=O)O)CC2)cc1)c1nnc(Nc2cc(F)c(F)cc2F)o1. The zero-order valence-corrected chi connectivity index (χ0v) is 17.6. The largest absolute Gasteiger partial charge is 0.490 e. The van der Waals surface area contributed by atoms with E-state index in [9.17, 15) is 22.8 Å². The summed E-state index contributed by atoms with van der Waals surface area (Å²) in [7, 11) is 0. The van der Waals surface area contributed by atoms with Gasteiger partial charge in [0.15, 0.2) is 11.6 Å². The second-order valence-corrected chi connectivity index (χ2v) is 7.69. The van der Waals surface area contributed by atoms with Gasteiger partial charge in [0, 0.05) is 17.8 Å². The molecule has 1 amide bonds. The maximum atomic E-state index is 13.7. The molecule has 0 spiro atoms. The van der Waals surface area contributed by atoms with Crippen molar-refractivity contribution in [3.8, 4) is 5.75 Å². The molecule has 0 radical (unpaired) electrons. The Morgan fingerprint density at radius 2 is 1.65 bits per heavy atom. The number of rotatable bonds is 7. The third kappa shape index (κ3) is 5.45. The van der Waals surface area contributed by atoms with Crippen molar-refractivity contribution in [1.29, 1.82) is 0 Å². The quantitative estimate of drug-likeness (QED) is 0.426. The Hall–Kier alpha value is -4.09. The van der Waals surface area contributed by atoms with Gasteiger partial charge in [0.05, 0.1) is 17.7 Å². The van der Waals surface area contributed by atoms with Crippen LogP contribution in [0, 0.1) is 23.4 Å². The van der Waals surface area contributed by atoms with E-state index >= 15 is 0 Å². The summed E-state index contributed by atoms with van der Waals surface area (Å²) in [6.07, 6.45) is 2.37. The van der Waals surface area contributed by atoms with Gasteiger partial charge >= 0.3 is 23.8 Å². The summed E-state index contributed by atoms with van der Waals surface area (Å²) in [5, 5.41) is 21.0. The molecular formula is C22H19F3N4O5. The predicted octanol–water partition coefficient (Wildman–Crippen LogP) is 4.51. The van der Waals surface area contributed by atoms with E-state index in [4.69, 9.17) is 14.3 Å². The first-order chi connectivity index (χ1) is 16.3. The van der Waals surface area contributed by atoms with E-state index in [1.54, 1.807) is 24.3 Å². The number of carbonyl (C=O) groups is 2. The first kappa shape index (κ1) is 23.1. The molecule has 1 saturated carbocycles. The topological polar surface area (TPSA) is 127 Å². The number of nitrogens with zero attached hydrogens (tertiary/aromatic N) is 2. The van der Waals surface area contributed by atoms with Gasteiger partial charge in [-0.1, -0.05) is 5.10 Å². The highest BCUT2D eigenvalue weighted by Gasteiger charge is 2.27. The van der Waals surface area contributed by atoms with E-state index < -0.39 is 46.9 Å². The Morgan fingerprint density at radius 1 is 0.971 bits per heavy atom. The molecule has 1 aliphatic carbocycles. The Balaban J connectivity index is 1.32. The molecule has 0 atom stereocenters. The predicted molar refractivity (Wildman–Crippen MR) is 112 cm³/mol. The van der Waals surface area contributed by atoms with Crippen LogP contribution in [-0.4, -0.2) is 33.3 Å². The van der Waals surface area contributed by atoms with E-state index in [1.807, 2.05) is 0 Å². The Kier molecular flexibility index (Phi) is 6.66. The molecule has 1 fully saturated rings. The number of aliphatic carboxylic acids is 1. The van der Waals surface area contributed by atoms with Gasteiger partial charge in [0.2, 0.25) is 0 Å². The molecule has 1 heterocycles. The molecule has 0 unspecified atom stereocenters. The maximum Gasteiger partial charge on any atom is 0.320 e. The highest BCUT2D eigenvalue weighted by Crippen LogP contribution is 2.28. The van der Waals surface area contributed by atoms with Crippen molar-refractivity contribution in [2.75, 3.05) is 10.6 Å². The smallest absolute Gasteiger partial charge is 0.320 e. The van der Waals surface area contributed by atoms with Crippen molar-refractivity contribution in [2.24, 2.45) is 5.92 Å². The lowest BCUT2D eigenvalue weighted by molar-refractivity contribution is -0.143. The normalized spacial score (nSPS) is 17.7. The standard InChI is InChI=1S/C22H19F3N4O5/c23-15-9-17(25)18(10-16(15)24)27-22-29-28-20(34-22)19(30)26-12-3-7-14(8-4-12)33-13-5-1-11(2-6-13)21(31)32/h3-4,7-11,13H,1-2,5-6H2,(H,26,30)(H,27,29)(H,31,32)/t11-,13-. The molecule has 9 nitrogen and oxygen atoms in total. The molecule has 0 bridgehead atoms. The molecular weight excluding hydrogens is 457 g/mol. The van der Waals surface area contributed by atoms with Crippen molar-refractivity contribution in [3.63, 3.8) is 0 Å². The zero-order valence-electron chi connectivity index (χ0n) is 17.6. The lowest BCUT2D eigenvalue weighted by Crippen LogP contribution is -2.27. The maximum absolute atomic E-state index is 13.7. The average molecular weight is 476 g/mol. The number of benzene rings is 2. The third-order valence-electron chi connectivity index (χ3n) is 5.31. The van der Waals surface area contributed by atoms with Crippen LogP contribution in [0.15, 0.2) is 40.8 Å². The monoisotopic (exact) mass is 476 g/mol. The summed E-state index contributed by atoms with van der Waals surface area (Å²) in [4.78, 5) is 23.4. The van der Waals surface area contributed by atoms with Crippen LogP contribution < -0.4 is 15.4 Å². The van der Waals surface area contributed by atoms with Crippen molar-refractivity contribution in [2.45, 2.75) is 31.8 Å². The van der Waals surface area contributed by atoms with Crippen LogP contribution >= 0.6 is 0 Å². The van der Waals surface area contributed by atoms with E-state index in [1.165, 1.54) is 0 Å². The number of amides is 1. The molecule has 34 heavy (non-hydrogen) atoms. The second kappa shape index (κ2) is 9.81. The molecule has 3 aromatic rings. The van der Waals surface area contributed by atoms with Crippen LogP contribution in [0.3, 0.4) is 0 Å². The number of anilines is 3. The average Bonchev–Trinajstić information content (AvgIpc) is 3.28. The van der Waals surface area contributed by atoms with Crippen LogP contribution in [0.5, 0.6) is 5.75 Å². The van der Waals surface area contributed by atoms with Gasteiger partial charge in [-0.25, -0.2) is 13.2 Å². The summed E-state index contributed by atoms with van der Waals surface area (Å²) in [6.45, 7) is 0. The second-order valence-electron chi connectivity index (χ2n) is 7.69. The van der Waals surface area contributed by atoms with E-state index in [0.29, 0.717) is 49.3 Å². The molecule has 178 valence electrons. The minimum atomic E-state index is -1.35. The number of nitrogens with one attached hydrogen (secondary N) is 2. The Labute approximate surface area is 190 Å². The Bertz CT molecular complexity index is 1190. The summed E-state index contributed by atoms with van der Waals surface area (Å²) in [6, 6.07) is 7.06. The lowest BCUT2D eigenvalue weighted by Gasteiger charge is -2.26. The lowest BCUT2D eigenvalue weighted by atomic mass is 9.87. The van der Waals surface area contributed by atoms with Gasteiger partial charge < -0.3 is 24.9 Å². The Morgan fingerprint density at radius 3 is 2.32 bits per heavy atom. The van der Waals surface area contributed by atoms with Gasteiger partial charge in [-0.2, -0.15) is 0 Å². The number of halogens is 3. The molecule has 3 N–H and O–H groups in total. The third-order valence-corrected chi connectivity index (χ3v) is 5.31. The summed E-state index contributed by atoms with van der Waals surface area (Å²) in [5.41, 5.74) is -0.0344. The van der Waals surface area contributed by atoms with Crippen LogP contribution in [0.1, 0.15) is 36.4 Å². The fourth-order valence-corrected chi connectivity index (χ4v) is 3.52. The van der Waals surface area contributed by atoms with E-state index in [0.717, 1.165) is 0 Å². The van der Waals surface area contributed by atoms with Crippen molar-refractivity contribution < 1.29 is 37.0 Å². The number of carboxylic acids is 1. The van der Waals surface area contributed by atoms with Crippen molar-refractivity contribution in [1.82, 2.24) is 10.2 Å². The summed E-state index contributed by atoms with van der Waals surface area (Å²) >= 11 is 0. The van der Waals surface area contributed by atoms with Crippen molar-refractivity contribution in [3.05, 3.63) is 59.7 Å². The summed E-state index contributed by atoms with van der Waals surface area (Å²) < 4.78 is 51.0. The fourth-order valence-electron chi connectivity index (χ4n) is 3.52. The first-order valence-corrected chi connectivity index (χ1v) is 10.3. The summed E-state index contributed by atoms with van der Waals surface area (Å²) in [5.74, 6) is -5.42. The molecule has 12 heteroatoms. The molecule has 2 aromatic carbocycles. The van der Waals surface area contributed by atoms with Crippen LogP contribution in [0.2, 0.25) is 0 Å². The molecule has 4 rings (SSSR count). The first-order valence-electron chi connectivity index (χ1n) is 10.3. The van der Waals surface area contributed by atoms with Gasteiger partial charge in [0.25, 0.3) is 0 Å². The van der Waals surface area contributed by atoms with E-state index in [-0.39, 0.29) is 12.0 Å². The van der Waals surface area contributed by atoms with Crippen LogP contribution in [-0.2, 0) is 4.79 Å².